The fourth-order valence-electron chi connectivity index (χ4n) is 1.96. The molecule has 0 aliphatic carbocycles. The van der Waals surface area contributed by atoms with E-state index < -0.39 is 0 Å². The molecule has 1 heterocycles. The predicted molar refractivity (Wildman–Crippen MR) is 76.2 cm³/mol. The second-order valence-corrected chi connectivity index (χ2v) is 4.49. The van der Waals surface area contributed by atoms with E-state index >= 15 is 0 Å². The second kappa shape index (κ2) is 6.95. The van der Waals surface area contributed by atoms with Crippen LogP contribution in [-0.4, -0.2) is 22.9 Å². The van der Waals surface area contributed by atoms with E-state index in [-0.39, 0.29) is 0 Å². The van der Waals surface area contributed by atoms with Crippen molar-refractivity contribution in [2.75, 3.05) is 13.2 Å². The molecule has 4 nitrogen and oxygen atoms in total. The normalized spacial score (nSPS) is 10.6. The van der Waals surface area contributed by atoms with Gasteiger partial charge in [-0.2, -0.15) is 5.10 Å². The molecule has 0 saturated heterocycles. The molecule has 0 aliphatic heterocycles. The fourth-order valence-corrected chi connectivity index (χ4v) is 1.96. The zero-order valence-electron chi connectivity index (χ0n) is 11.6. The van der Waals surface area contributed by atoms with Crippen LogP contribution >= 0.6 is 0 Å². The van der Waals surface area contributed by atoms with E-state index in [0.717, 1.165) is 31.0 Å². The van der Waals surface area contributed by atoms with Gasteiger partial charge in [0, 0.05) is 32.8 Å². The lowest BCUT2D eigenvalue weighted by Gasteiger charge is -2.07. The van der Waals surface area contributed by atoms with Crippen LogP contribution in [-0.2, 0) is 20.0 Å². The number of aromatic nitrogens is 2. The first-order chi connectivity index (χ1) is 9.28. The number of nitrogens with one attached hydrogen (secondary N) is 1. The number of ether oxygens (including phenoxy) is 1. The van der Waals surface area contributed by atoms with Gasteiger partial charge in [0.25, 0.3) is 0 Å². The minimum absolute atomic E-state index is 0.705. The molecule has 0 aliphatic rings. The molecule has 0 fully saturated rings. The lowest BCUT2D eigenvalue weighted by Crippen LogP contribution is -2.17. The van der Waals surface area contributed by atoms with Gasteiger partial charge in [0.1, 0.15) is 5.75 Å². The summed E-state index contributed by atoms with van der Waals surface area (Å²) in [7, 11) is 1.94. The summed E-state index contributed by atoms with van der Waals surface area (Å²) >= 11 is 0. The molecule has 0 bridgehead atoms. The highest BCUT2D eigenvalue weighted by atomic mass is 16.5. The van der Waals surface area contributed by atoms with Crippen molar-refractivity contribution >= 4 is 0 Å². The third-order valence-electron chi connectivity index (χ3n) is 2.87. The standard InChI is InChI=1S/C15H21N3O/c1-3-19-15-6-4-5-13(11-15)12-16-9-7-14-8-10-18(2)17-14/h4-6,8,10-11,16H,3,7,9,12H2,1-2H3. The summed E-state index contributed by atoms with van der Waals surface area (Å²) in [6, 6.07) is 10.3. The van der Waals surface area contributed by atoms with Crippen LogP contribution in [0.1, 0.15) is 18.2 Å². The third kappa shape index (κ3) is 4.41. The molecular weight excluding hydrogens is 238 g/mol. The van der Waals surface area contributed by atoms with E-state index in [9.17, 15) is 0 Å². The molecule has 0 amide bonds. The molecular formula is C15H21N3O. The van der Waals surface area contributed by atoms with Crippen LogP contribution in [0.4, 0.5) is 0 Å². The van der Waals surface area contributed by atoms with Gasteiger partial charge in [-0.15, -0.1) is 0 Å². The van der Waals surface area contributed by atoms with E-state index in [1.165, 1.54) is 5.56 Å². The van der Waals surface area contributed by atoms with Crippen molar-refractivity contribution in [2.45, 2.75) is 19.9 Å². The Hall–Kier alpha value is -1.81. The average molecular weight is 259 g/mol. The number of rotatable bonds is 7. The zero-order chi connectivity index (χ0) is 13.5. The molecule has 2 aromatic rings. The van der Waals surface area contributed by atoms with Crippen molar-refractivity contribution in [3.63, 3.8) is 0 Å². The van der Waals surface area contributed by atoms with Gasteiger partial charge in [-0.1, -0.05) is 12.1 Å². The van der Waals surface area contributed by atoms with E-state index in [1.807, 2.05) is 37.0 Å². The molecule has 1 aromatic heterocycles. The molecule has 1 N–H and O–H groups in total. The molecule has 1 aromatic carbocycles. The fraction of sp³-hybridized carbons (Fsp3) is 0.400. The third-order valence-corrected chi connectivity index (χ3v) is 2.87. The van der Waals surface area contributed by atoms with Crippen molar-refractivity contribution in [1.29, 1.82) is 0 Å². The Bertz CT molecular complexity index is 508. The number of benzene rings is 1. The van der Waals surface area contributed by atoms with Crippen LogP contribution in [0.2, 0.25) is 0 Å². The molecule has 0 atom stereocenters. The highest BCUT2D eigenvalue weighted by Crippen LogP contribution is 2.12. The Morgan fingerprint density at radius 1 is 1.32 bits per heavy atom. The number of aryl methyl sites for hydroxylation is 1. The SMILES string of the molecule is CCOc1cccc(CNCCc2ccn(C)n2)c1. The largest absolute Gasteiger partial charge is 0.494 e. The maximum absolute atomic E-state index is 5.48. The second-order valence-electron chi connectivity index (χ2n) is 4.49. The maximum Gasteiger partial charge on any atom is 0.119 e. The van der Waals surface area contributed by atoms with Gasteiger partial charge >= 0.3 is 0 Å². The first-order valence-corrected chi connectivity index (χ1v) is 6.69. The van der Waals surface area contributed by atoms with Gasteiger partial charge < -0.3 is 10.1 Å². The van der Waals surface area contributed by atoms with Crippen LogP contribution in [0.15, 0.2) is 36.5 Å². The molecule has 0 unspecified atom stereocenters. The maximum atomic E-state index is 5.48. The van der Waals surface area contributed by atoms with Crippen LogP contribution < -0.4 is 10.1 Å². The van der Waals surface area contributed by atoms with Gasteiger partial charge in [-0.3, -0.25) is 4.68 Å². The number of nitrogens with zero attached hydrogens (tertiary/aromatic N) is 2. The summed E-state index contributed by atoms with van der Waals surface area (Å²) in [5.41, 5.74) is 2.37. The first kappa shape index (κ1) is 13.6. The van der Waals surface area contributed by atoms with Crippen molar-refractivity contribution in [3.8, 4) is 5.75 Å². The van der Waals surface area contributed by atoms with E-state index in [4.69, 9.17) is 4.74 Å². The van der Waals surface area contributed by atoms with Gasteiger partial charge in [0.2, 0.25) is 0 Å². The monoisotopic (exact) mass is 259 g/mol. The Morgan fingerprint density at radius 3 is 2.95 bits per heavy atom. The summed E-state index contributed by atoms with van der Waals surface area (Å²) in [6.45, 7) is 4.48. The molecule has 0 spiro atoms. The van der Waals surface area contributed by atoms with E-state index in [0.29, 0.717) is 6.61 Å². The molecule has 19 heavy (non-hydrogen) atoms. The number of hydrogen-bond donors (Lipinski definition) is 1. The summed E-state index contributed by atoms with van der Waals surface area (Å²) in [5.74, 6) is 0.937. The van der Waals surface area contributed by atoms with E-state index in [2.05, 4.69) is 28.6 Å². The van der Waals surface area contributed by atoms with Gasteiger partial charge in [-0.05, 0) is 30.7 Å². The Labute approximate surface area is 114 Å². The topological polar surface area (TPSA) is 39.1 Å². The van der Waals surface area contributed by atoms with Crippen molar-refractivity contribution in [1.82, 2.24) is 15.1 Å². The summed E-state index contributed by atoms with van der Waals surface area (Å²) in [4.78, 5) is 0. The van der Waals surface area contributed by atoms with Crippen molar-refractivity contribution in [2.24, 2.45) is 7.05 Å². The minimum Gasteiger partial charge on any atom is -0.494 e. The highest BCUT2D eigenvalue weighted by molar-refractivity contribution is 5.28. The average Bonchev–Trinajstić information content (AvgIpc) is 2.82. The lowest BCUT2D eigenvalue weighted by molar-refractivity contribution is 0.340. The Morgan fingerprint density at radius 2 is 2.21 bits per heavy atom. The molecule has 0 radical (unpaired) electrons. The Balaban J connectivity index is 1.74. The highest BCUT2D eigenvalue weighted by Gasteiger charge is 1.98. The van der Waals surface area contributed by atoms with Crippen LogP contribution in [0.3, 0.4) is 0 Å². The molecule has 4 heteroatoms. The molecule has 0 saturated carbocycles. The lowest BCUT2D eigenvalue weighted by atomic mass is 10.2. The Kier molecular flexibility index (Phi) is 4.98. The van der Waals surface area contributed by atoms with Crippen LogP contribution in [0.5, 0.6) is 5.75 Å². The first-order valence-electron chi connectivity index (χ1n) is 6.69. The van der Waals surface area contributed by atoms with Gasteiger partial charge in [0.15, 0.2) is 0 Å². The van der Waals surface area contributed by atoms with E-state index in [1.54, 1.807) is 0 Å². The van der Waals surface area contributed by atoms with Crippen molar-refractivity contribution < 1.29 is 4.74 Å². The van der Waals surface area contributed by atoms with Crippen LogP contribution in [0.25, 0.3) is 0 Å². The summed E-state index contributed by atoms with van der Waals surface area (Å²) < 4.78 is 7.32. The van der Waals surface area contributed by atoms with Gasteiger partial charge in [0.05, 0.1) is 12.3 Å². The minimum atomic E-state index is 0.705. The molecule has 2 rings (SSSR count). The van der Waals surface area contributed by atoms with Crippen LogP contribution in [0, 0.1) is 0 Å². The number of hydrogen-bond acceptors (Lipinski definition) is 3. The summed E-state index contributed by atoms with van der Waals surface area (Å²) in [6.07, 6.45) is 2.92. The van der Waals surface area contributed by atoms with Gasteiger partial charge in [-0.25, -0.2) is 0 Å². The molecule has 102 valence electrons. The quantitative estimate of drug-likeness (QED) is 0.774. The summed E-state index contributed by atoms with van der Waals surface area (Å²) in [5, 5.41) is 7.77. The smallest absolute Gasteiger partial charge is 0.119 e. The zero-order valence-corrected chi connectivity index (χ0v) is 11.6. The van der Waals surface area contributed by atoms with Crippen molar-refractivity contribution in [3.05, 3.63) is 47.8 Å². The predicted octanol–water partition coefficient (Wildman–Crippen LogP) is 2.15.